The van der Waals surface area contributed by atoms with Gasteiger partial charge in [0, 0.05) is 25.7 Å². The van der Waals surface area contributed by atoms with Crippen LogP contribution in [-0.2, 0) is 11.3 Å². The number of Topliss-reactive ketones (excluding diaryl/α,β-unsaturated/α-hetero) is 1. The minimum absolute atomic E-state index is 0.0905. The third-order valence-corrected chi connectivity index (χ3v) is 5.19. The predicted octanol–water partition coefficient (Wildman–Crippen LogP) is 2.14. The fourth-order valence-electron chi connectivity index (χ4n) is 2.81. The first-order chi connectivity index (χ1) is 12.4. The maximum atomic E-state index is 12.8. The van der Waals surface area contributed by atoms with Gasteiger partial charge in [0.1, 0.15) is 6.54 Å². The molecule has 0 spiro atoms. The molecule has 9 heteroatoms. The van der Waals surface area contributed by atoms with Crippen molar-refractivity contribution < 1.29 is 19.3 Å². The Kier molecular flexibility index (Phi) is 5.24. The summed E-state index contributed by atoms with van der Waals surface area (Å²) < 4.78 is 3.68. The molecular weight excluding hydrogens is 376 g/mol. The van der Waals surface area contributed by atoms with Crippen molar-refractivity contribution in [3.8, 4) is 5.88 Å². The largest absolute Gasteiger partial charge is 0.475 e. The van der Waals surface area contributed by atoms with E-state index in [0.717, 1.165) is 4.88 Å². The van der Waals surface area contributed by atoms with Crippen molar-refractivity contribution in [1.82, 2.24) is 14.3 Å². The van der Waals surface area contributed by atoms with Crippen LogP contribution in [0.2, 0.25) is 4.47 Å². The lowest BCUT2D eigenvalue weighted by molar-refractivity contribution is -0.667. The number of nitrogens with zero attached hydrogens (tertiary/aromatic N) is 4. The third-order valence-electron chi connectivity index (χ3n) is 4.09. The second-order valence-electron chi connectivity index (χ2n) is 5.72. The highest BCUT2D eigenvalue weighted by molar-refractivity contribution is 7.15. The third kappa shape index (κ3) is 3.42. The van der Waals surface area contributed by atoms with Crippen LogP contribution in [0.4, 0.5) is 0 Å². The number of likely N-dealkylation sites (N-methyl/N-ethyl adjacent to an activating group) is 1. The van der Waals surface area contributed by atoms with Gasteiger partial charge in [-0.2, -0.15) is 8.97 Å². The highest BCUT2D eigenvalue weighted by Crippen LogP contribution is 2.22. The number of thiazole rings is 1. The van der Waals surface area contributed by atoms with Gasteiger partial charge in [-0.3, -0.25) is 9.59 Å². The highest BCUT2D eigenvalue weighted by Gasteiger charge is 2.31. The standard InChI is InChI=1S/C17H17ClN4O3S/c1-3-20(11(2)23)10-13(24)15-16(25)22(9-12-8-19-17(18)26-12)14-6-4-5-7-21(14)15/h4-8H,3,9-10H2,1-2H3/p+1. The monoisotopic (exact) mass is 393 g/mol. The van der Waals surface area contributed by atoms with E-state index in [2.05, 4.69) is 4.98 Å². The first kappa shape index (κ1) is 18.3. The lowest BCUT2D eigenvalue weighted by Gasteiger charge is -2.16. The normalized spacial score (nSPS) is 11.0. The number of carbonyl (C=O) groups is 2. The second-order valence-corrected chi connectivity index (χ2v) is 7.42. The molecule has 0 fully saturated rings. The minimum Gasteiger partial charge on any atom is -0.475 e. The number of pyridine rings is 1. The van der Waals surface area contributed by atoms with Crippen molar-refractivity contribution in [2.24, 2.45) is 0 Å². The number of aromatic nitrogens is 3. The van der Waals surface area contributed by atoms with Gasteiger partial charge in [-0.05, 0) is 13.0 Å². The number of carbonyl (C=O) groups excluding carboxylic acids is 2. The molecule has 1 amide bonds. The summed E-state index contributed by atoms with van der Waals surface area (Å²) in [7, 11) is 0. The van der Waals surface area contributed by atoms with Crippen LogP contribution in [0.1, 0.15) is 29.2 Å². The zero-order chi connectivity index (χ0) is 18.8. The second kappa shape index (κ2) is 7.43. The van der Waals surface area contributed by atoms with Crippen LogP contribution >= 0.6 is 22.9 Å². The summed E-state index contributed by atoms with van der Waals surface area (Å²) in [5.41, 5.74) is 0.805. The van der Waals surface area contributed by atoms with Gasteiger partial charge in [0.2, 0.25) is 11.7 Å². The van der Waals surface area contributed by atoms with Gasteiger partial charge in [-0.1, -0.05) is 17.7 Å². The number of hydrogen-bond donors (Lipinski definition) is 1. The maximum absolute atomic E-state index is 12.8. The Morgan fingerprint density at radius 1 is 1.42 bits per heavy atom. The zero-order valence-corrected chi connectivity index (χ0v) is 15.9. The molecule has 0 unspecified atom stereocenters. The molecule has 0 aliphatic carbocycles. The maximum Gasteiger partial charge on any atom is 0.335 e. The Morgan fingerprint density at radius 3 is 2.81 bits per heavy atom. The summed E-state index contributed by atoms with van der Waals surface area (Å²) >= 11 is 7.19. The highest BCUT2D eigenvalue weighted by atomic mass is 35.5. The molecule has 0 saturated heterocycles. The molecule has 0 saturated carbocycles. The molecule has 0 aromatic carbocycles. The van der Waals surface area contributed by atoms with Gasteiger partial charge in [-0.15, -0.1) is 11.3 Å². The molecule has 0 bridgehead atoms. The molecule has 7 nitrogen and oxygen atoms in total. The van der Waals surface area contributed by atoms with Crippen LogP contribution in [0.25, 0.3) is 5.65 Å². The Balaban J connectivity index is 2.04. The van der Waals surface area contributed by atoms with E-state index in [1.54, 1.807) is 34.4 Å². The van der Waals surface area contributed by atoms with Crippen LogP contribution < -0.4 is 4.57 Å². The summed E-state index contributed by atoms with van der Waals surface area (Å²) in [5, 5.41) is 10.7. The lowest BCUT2D eigenvalue weighted by Crippen LogP contribution is -2.35. The van der Waals surface area contributed by atoms with Crippen LogP contribution in [0, 0.1) is 0 Å². The van der Waals surface area contributed by atoms with Crippen LogP contribution in [0.3, 0.4) is 0 Å². The Bertz CT molecular complexity index is 982. The summed E-state index contributed by atoms with van der Waals surface area (Å²) in [6.07, 6.45) is 3.35. The van der Waals surface area contributed by atoms with E-state index in [9.17, 15) is 14.7 Å². The SMILES string of the molecule is CCN(CC(=O)c1c(O)[n+](Cc2cnc(Cl)s2)c2ccccn12)C(C)=O. The fraction of sp³-hybridized carbons (Fsp3) is 0.294. The quantitative estimate of drug-likeness (QED) is 0.514. The lowest BCUT2D eigenvalue weighted by atomic mass is 10.2. The van der Waals surface area contributed by atoms with E-state index in [-0.39, 0.29) is 29.8 Å². The Hall–Kier alpha value is -2.45. The Morgan fingerprint density at radius 2 is 2.19 bits per heavy atom. The topological polar surface area (TPSA) is 78.8 Å². The summed E-state index contributed by atoms with van der Waals surface area (Å²) in [5.74, 6) is -0.666. The molecular formula is C17H18ClN4O3S+. The number of ketones is 1. The van der Waals surface area contributed by atoms with Crippen LogP contribution in [0.5, 0.6) is 5.88 Å². The first-order valence-electron chi connectivity index (χ1n) is 8.03. The van der Waals surface area contributed by atoms with E-state index < -0.39 is 0 Å². The molecule has 0 aliphatic rings. The van der Waals surface area contributed by atoms with Crippen molar-refractivity contribution in [3.05, 3.63) is 45.6 Å². The number of imidazole rings is 1. The smallest absolute Gasteiger partial charge is 0.335 e. The van der Waals surface area contributed by atoms with E-state index in [4.69, 9.17) is 11.6 Å². The predicted molar refractivity (Wildman–Crippen MR) is 97.7 cm³/mol. The molecule has 26 heavy (non-hydrogen) atoms. The van der Waals surface area contributed by atoms with Gasteiger partial charge in [0.25, 0.3) is 11.3 Å². The van der Waals surface area contributed by atoms with E-state index in [1.165, 1.54) is 23.2 Å². The van der Waals surface area contributed by atoms with Gasteiger partial charge in [0.15, 0.2) is 4.47 Å². The van der Waals surface area contributed by atoms with Crippen molar-refractivity contribution in [1.29, 1.82) is 0 Å². The molecule has 3 aromatic rings. The van der Waals surface area contributed by atoms with Crippen LogP contribution in [-0.4, -0.2) is 44.2 Å². The number of amides is 1. The first-order valence-corrected chi connectivity index (χ1v) is 9.22. The minimum atomic E-state index is -0.332. The number of halogens is 1. The molecule has 0 radical (unpaired) electrons. The van der Waals surface area contributed by atoms with Crippen molar-refractivity contribution in [3.63, 3.8) is 0 Å². The van der Waals surface area contributed by atoms with E-state index in [1.807, 2.05) is 12.1 Å². The van der Waals surface area contributed by atoms with Gasteiger partial charge in [-0.25, -0.2) is 4.98 Å². The van der Waals surface area contributed by atoms with E-state index in [0.29, 0.717) is 23.2 Å². The van der Waals surface area contributed by atoms with Crippen molar-refractivity contribution in [2.75, 3.05) is 13.1 Å². The van der Waals surface area contributed by atoms with Gasteiger partial charge >= 0.3 is 5.88 Å². The van der Waals surface area contributed by atoms with Crippen molar-refractivity contribution >= 4 is 40.3 Å². The van der Waals surface area contributed by atoms with Crippen molar-refractivity contribution in [2.45, 2.75) is 20.4 Å². The van der Waals surface area contributed by atoms with Gasteiger partial charge < -0.3 is 10.0 Å². The average molecular weight is 394 g/mol. The molecule has 136 valence electrons. The molecule has 0 atom stereocenters. The average Bonchev–Trinajstić information content (AvgIpc) is 3.14. The number of rotatable bonds is 6. The van der Waals surface area contributed by atoms with E-state index >= 15 is 0 Å². The number of hydrogen-bond acceptors (Lipinski definition) is 5. The zero-order valence-electron chi connectivity index (χ0n) is 14.3. The summed E-state index contributed by atoms with van der Waals surface area (Å²) in [6, 6.07) is 5.41. The Labute approximate surface area is 159 Å². The number of fused-ring (bicyclic) bond motifs is 1. The molecule has 0 aliphatic heterocycles. The molecule has 3 rings (SSSR count). The van der Waals surface area contributed by atoms with Crippen LogP contribution in [0.15, 0.2) is 30.6 Å². The molecule has 3 heterocycles. The molecule has 1 N–H and O–H groups in total. The fourth-order valence-corrected chi connectivity index (χ4v) is 3.78. The summed E-state index contributed by atoms with van der Waals surface area (Å²) in [4.78, 5) is 30.7. The number of aromatic hydroxyl groups is 1. The molecule has 3 aromatic heterocycles. The summed E-state index contributed by atoms with van der Waals surface area (Å²) in [6.45, 7) is 3.89. The van der Waals surface area contributed by atoms with Gasteiger partial charge in [0.05, 0.1) is 17.6 Å².